The maximum absolute atomic E-state index is 12.9. The fourth-order valence-corrected chi connectivity index (χ4v) is 1.58. The molecule has 0 radical (unpaired) electrons. The molecule has 1 saturated carbocycles. The second-order valence-corrected chi connectivity index (χ2v) is 3.24. The summed E-state index contributed by atoms with van der Waals surface area (Å²) in [6.45, 7) is 10.4. The third-order valence-corrected chi connectivity index (χ3v) is 2.46. The molecule has 0 heterocycles. The summed E-state index contributed by atoms with van der Waals surface area (Å²) in [4.78, 5) is 3.24. The lowest BCUT2D eigenvalue weighted by Gasteiger charge is -2.23. The fraction of sp³-hybridized carbons (Fsp3) is 0.625. The van der Waals surface area contributed by atoms with Gasteiger partial charge in [-0.2, -0.15) is 0 Å². The van der Waals surface area contributed by atoms with Gasteiger partial charge in [0.25, 0.3) is 6.04 Å². The van der Waals surface area contributed by atoms with E-state index in [1.54, 1.807) is 0 Å². The summed E-state index contributed by atoms with van der Waals surface area (Å²) in [5.41, 5.74) is 0.772. The molecular weight excluding hydrogens is 165 g/mol. The van der Waals surface area contributed by atoms with E-state index in [-0.39, 0.29) is 0 Å². The van der Waals surface area contributed by atoms with Gasteiger partial charge in [-0.15, -0.1) is 11.6 Å². The molecule has 0 saturated heterocycles. The summed E-state index contributed by atoms with van der Waals surface area (Å²) in [6.07, 6.45) is -0.0301. The molecule has 3 heteroatoms. The van der Waals surface area contributed by atoms with Crippen LogP contribution in [-0.2, 0) is 0 Å². The van der Waals surface area contributed by atoms with Crippen molar-refractivity contribution in [3.63, 3.8) is 0 Å². The second kappa shape index (κ2) is 3.23. The van der Waals surface area contributed by atoms with Gasteiger partial charge in [-0.05, 0) is 12.8 Å². The van der Waals surface area contributed by atoms with E-state index < -0.39 is 17.6 Å². The minimum absolute atomic E-state index is 0.416. The summed E-state index contributed by atoms with van der Waals surface area (Å²) >= 11 is 5.68. The zero-order chi connectivity index (χ0) is 8.43. The number of hydrogen-bond acceptors (Lipinski definition) is 0. The molecule has 0 aliphatic heterocycles. The lowest BCUT2D eigenvalue weighted by atomic mass is 9.90. The molecule has 0 aromatic carbocycles. The van der Waals surface area contributed by atoms with Crippen LogP contribution in [0, 0.1) is 6.57 Å². The van der Waals surface area contributed by atoms with Gasteiger partial charge in [-0.25, -0.2) is 11.0 Å². The Hall–Kier alpha value is -0.550. The predicted octanol–water partition coefficient (Wildman–Crippen LogP) is 2.57. The van der Waals surface area contributed by atoms with Crippen molar-refractivity contribution in [1.82, 2.24) is 0 Å². The van der Waals surface area contributed by atoms with Crippen LogP contribution in [0.5, 0.6) is 0 Å². The molecule has 0 aromatic heterocycles. The Morgan fingerprint density at radius 2 is 2.36 bits per heavy atom. The van der Waals surface area contributed by atoms with Gasteiger partial charge in [-0.3, -0.25) is 0 Å². The van der Waals surface area contributed by atoms with Crippen molar-refractivity contribution in [3.05, 3.63) is 23.6 Å². The van der Waals surface area contributed by atoms with Crippen molar-refractivity contribution >= 4 is 11.6 Å². The van der Waals surface area contributed by atoms with Crippen LogP contribution in [0.4, 0.5) is 4.39 Å². The van der Waals surface area contributed by atoms with Gasteiger partial charge in [-0.1, -0.05) is 6.58 Å². The Labute approximate surface area is 70.7 Å². The van der Waals surface area contributed by atoms with E-state index in [1.807, 2.05) is 0 Å². The van der Waals surface area contributed by atoms with Gasteiger partial charge in [0.05, 0.1) is 0 Å². The van der Waals surface area contributed by atoms with Crippen LogP contribution in [0.2, 0.25) is 0 Å². The molecule has 1 nitrogen and oxygen atoms in total. The standard InChI is InChI=1S/C8H9ClFN/c1-5-3-4-6(10)7(9)8(5)11-2/h6-8H,1,3-4H2. The smallest absolute Gasteiger partial charge is 0.263 e. The minimum Gasteiger partial charge on any atom is -0.307 e. The number of hydrogen-bond donors (Lipinski definition) is 0. The van der Waals surface area contributed by atoms with E-state index in [4.69, 9.17) is 18.2 Å². The monoisotopic (exact) mass is 173 g/mol. The first-order valence-electron chi connectivity index (χ1n) is 3.49. The minimum atomic E-state index is -1.04. The highest BCUT2D eigenvalue weighted by Crippen LogP contribution is 2.31. The van der Waals surface area contributed by atoms with Gasteiger partial charge in [0.1, 0.15) is 11.5 Å². The fourth-order valence-electron chi connectivity index (χ4n) is 1.22. The summed E-state index contributed by atoms with van der Waals surface area (Å²) in [5.74, 6) is 0. The summed E-state index contributed by atoms with van der Waals surface area (Å²) in [7, 11) is 0. The molecule has 1 fully saturated rings. The van der Waals surface area contributed by atoms with Gasteiger partial charge in [0.2, 0.25) is 0 Å². The Kier molecular flexibility index (Phi) is 2.51. The van der Waals surface area contributed by atoms with E-state index in [0.29, 0.717) is 12.8 Å². The van der Waals surface area contributed by atoms with E-state index in [2.05, 4.69) is 11.4 Å². The van der Waals surface area contributed by atoms with Crippen molar-refractivity contribution < 1.29 is 4.39 Å². The lowest BCUT2D eigenvalue weighted by molar-refractivity contribution is 0.277. The molecule has 0 amide bonds. The highest BCUT2D eigenvalue weighted by Gasteiger charge is 2.38. The maximum atomic E-state index is 12.9. The Morgan fingerprint density at radius 3 is 2.82 bits per heavy atom. The molecule has 1 rings (SSSR count). The number of halogens is 2. The van der Waals surface area contributed by atoms with E-state index in [9.17, 15) is 4.39 Å². The maximum Gasteiger partial charge on any atom is 0.263 e. The Bertz CT molecular complexity index is 209. The normalized spacial score (nSPS) is 38.3. The topological polar surface area (TPSA) is 4.36 Å². The van der Waals surface area contributed by atoms with Crippen LogP contribution < -0.4 is 0 Å². The zero-order valence-corrected chi connectivity index (χ0v) is 6.81. The first kappa shape index (κ1) is 8.55. The zero-order valence-electron chi connectivity index (χ0n) is 6.06. The third-order valence-electron chi connectivity index (χ3n) is 1.95. The second-order valence-electron chi connectivity index (χ2n) is 2.73. The van der Waals surface area contributed by atoms with E-state index in [1.165, 1.54) is 0 Å². The van der Waals surface area contributed by atoms with Crippen molar-refractivity contribution in [2.75, 3.05) is 0 Å². The van der Waals surface area contributed by atoms with Crippen LogP contribution in [0.1, 0.15) is 12.8 Å². The van der Waals surface area contributed by atoms with Gasteiger partial charge in [0, 0.05) is 5.57 Å². The molecule has 1 aliphatic rings. The highest BCUT2D eigenvalue weighted by molar-refractivity contribution is 6.22. The van der Waals surface area contributed by atoms with Gasteiger partial charge < -0.3 is 4.85 Å². The van der Waals surface area contributed by atoms with Crippen LogP contribution in [0.25, 0.3) is 4.85 Å². The lowest BCUT2D eigenvalue weighted by Crippen LogP contribution is -2.33. The highest BCUT2D eigenvalue weighted by atomic mass is 35.5. The number of rotatable bonds is 0. The quantitative estimate of drug-likeness (QED) is 0.301. The third kappa shape index (κ3) is 1.54. The Morgan fingerprint density at radius 1 is 1.73 bits per heavy atom. The summed E-state index contributed by atoms with van der Waals surface area (Å²) in [6, 6.07) is -0.514. The molecule has 0 bridgehead atoms. The van der Waals surface area contributed by atoms with Gasteiger partial charge in [0.15, 0.2) is 0 Å². The average Bonchev–Trinajstić information content (AvgIpc) is 1.99. The van der Waals surface area contributed by atoms with Crippen molar-refractivity contribution in [2.45, 2.75) is 30.4 Å². The predicted molar refractivity (Wildman–Crippen MR) is 43.3 cm³/mol. The SMILES string of the molecule is [C-]#[N+]C1C(=C)CCC(F)C1Cl. The van der Waals surface area contributed by atoms with Gasteiger partial charge >= 0.3 is 0 Å². The van der Waals surface area contributed by atoms with Crippen molar-refractivity contribution in [2.24, 2.45) is 0 Å². The van der Waals surface area contributed by atoms with Crippen LogP contribution in [-0.4, -0.2) is 17.6 Å². The van der Waals surface area contributed by atoms with Crippen molar-refractivity contribution in [1.29, 1.82) is 0 Å². The molecule has 1 aliphatic carbocycles. The number of alkyl halides is 2. The summed E-state index contributed by atoms with van der Waals surface area (Å²) < 4.78 is 12.9. The van der Waals surface area contributed by atoms with Crippen molar-refractivity contribution in [3.8, 4) is 0 Å². The molecule has 0 spiro atoms. The van der Waals surface area contributed by atoms with Crippen LogP contribution in [0.3, 0.4) is 0 Å². The molecule has 3 atom stereocenters. The van der Waals surface area contributed by atoms with E-state index in [0.717, 1.165) is 5.57 Å². The summed E-state index contributed by atoms with van der Waals surface area (Å²) in [5, 5.41) is -0.686. The molecular formula is C8H9ClFN. The van der Waals surface area contributed by atoms with Crippen LogP contribution >= 0.6 is 11.6 Å². The first-order valence-corrected chi connectivity index (χ1v) is 3.93. The molecule has 60 valence electrons. The number of nitrogens with zero attached hydrogens (tertiary/aromatic N) is 1. The van der Waals surface area contributed by atoms with Crippen LogP contribution in [0.15, 0.2) is 12.2 Å². The molecule has 0 aromatic rings. The Balaban J connectivity index is 2.73. The largest absolute Gasteiger partial charge is 0.307 e. The average molecular weight is 174 g/mol. The van der Waals surface area contributed by atoms with E-state index >= 15 is 0 Å². The first-order chi connectivity index (χ1) is 5.16. The molecule has 11 heavy (non-hydrogen) atoms. The molecule has 3 unspecified atom stereocenters. The molecule has 0 N–H and O–H groups in total.